The highest BCUT2D eigenvalue weighted by Gasteiger charge is 2.15. The summed E-state index contributed by atoms with van der Waals surface area (Å²) in [5.41, 5.74) is 4.78. The minimum Gasteiger partial charge on any atom is -0.376 e. The van der Waals surface area contributed by atoms with Crippen LogP contribution in [0.15, 0.2) is 66.2 Å². The lowest BCUT2D eigenvalue weighted by atomic mass is 9.98. The van der Waals surface area contributed by atoms with Crippen molar-refractivity contribution in [2.75, 3.05) is 19.7 Å². The maximum atomic E-state index is 5.71. The zero-order valence-corrected chi connectivity index (χ0v) is 20.7. The fourth-order valence-corrected chi connectivity index (χ4v) is 3.75. The van der Waals surface area contributed by atoms with Gasteiger partial charge in [-0.1, -0.05) is 48.5 Å². The second kappa shape index (κ2) is 12.5. The summed E-state index contributed by atoms with van der Waals surface area (Å²) in [5, 5.41) is 10.9. The molecule has 4 rings (SSSR count). The Balaban J connectivity index is 0.00000289. The third-order valence-corrected chi connectivity index (χ3v) is 5.37. The number of nitrogens with zero attached hydrogens (tertiary/aromatic N) is 4. The summed E-state index contributed by atoms with van der Waals surface area (Å²) >= 11 is 0. The number of hydrogen-bond donors (Lipinski definition) is 2. The highest BCUT2D eigenvalue weighted by atomic mass is 127. The zero-order chi connectivity index (χ0) is 21.3. The fourth-order valence-electron chi connectivity index (χ4n) is 3.75. The summed E-state index contributed by atoms with van der Waals surface area (Å²) in [5.74, 6) is 0.830. The lowest BCUT2D eigenvalue weighted by molar-refractivity contribution is 0.114. The number of halogens is 1. The highest BCUT2D eigenvalue weighted by molar-refractivity contribution is 14.0. The van der Waals surface area contributed by atoms with Gasteiger partial charge >= 0.3 is 0 Å². The van der Waals surface area contributed by atoms with Crippen molar-refractivity contribution in [3.05, 3.63) is 72.3 Å². The molecule has 8 heteroatoms. The van der Waals surface area contributed by atoms with Crippen LogP contribution < -0.4 is 10.6 Å². The first-order chi connectivity index (χ1) is 15.3. The van der Waals surface area contributed by atoms with Crippen molar-refractivity contribution in [1.29, 1.82) is 0 Å². The smallest absolute Gasteiger partial charge is 0.191 e. The maximum absolute atomic E-state index is 5.71. The average molecular weight is 546 g/mol. The predicted molar refractivity (Wildman–Crippen MR) is 138 cm³/mol. The van der Waals surface area contributed by atoms with Crippen LogP contribution in [0.4, 0.5) is 0 Å². The van der Waals surface area contributed by atoms with Gasteiger partial charge in [0, 0.05) is 19.7 Å². The third kappa shape index (κ3) is 6.77. The number of ether oxygens (including phenoxy) is 1. The lowest BCUT2D eigenvalue weighted by Gasteiger charge is -2.15. The first-order valence-corrected chi connectivity index (χ1v) is 10.9. The van der Waals surface area contributed by atoms with Crippen LogP contribution in [-0.2, 0) is 17.8 Å². The molecule has 0 saturated carbocycles. The van der Waals surface area contributed by atoms with Crippen molar-refractivity contribution >= 4 is 29.9 Å². The van der Waals surface area contributed by atoms with Gasteiger partial charge in [0.05, 0.1) is 19.2 Å². The summed E-state index contributed by atoms with van der Waals surface area (Å²) in [6.45, 7) is 5.89. The van der Waals surface area contributed by atoms with Gasteiger partial charge in [0.1, 0.15) is 12.7 Å². The molecule has 0 aliphatic carbocycles. The van der Waals surface area contributed by atoms with Crippen molar-refractivity contribution < 1.29 is 4.74 Å². The van der Waals surface area contributed by atoms with E-state index >= 15 is 0 Å². The maximum Gasteiger partial charge on any atom is 0.191 e. The van der Waals surface area contributed by atoms with E-state index in [0.717, 1.165) is 38.5 Å². The number of rotatable bonds is 8. The summed E-state index contributed by atoms with van der Waals surface area (Å²) in [6.07, 6.45) is 5.83. The second-order valence-electron chi connectivity index (χ2n) is 7.66. The van der Waals surface area contributed by atoms with Crippen molar-refractivity contribution in [3.8, 4) is 11.1 Å². The Hall–Kier alpha value is -2.46. The van der Waals surface area contributed by atoms with Crippen LogP contribution in [0.2, 0.25) is 0 Å². The predicted octanol–water partition coefficient (Wildman–Crippen LogP) is 3.85. The molecule has 2 heterocycles. The monoisotopic (exact) mass is 546 g/mol. The van der Waals surface area contributed by atoms with Gasteiger partial charge in [0.15, 0.2) is 5.96 Å². The second-order valence-corrected chi connectivity index (χ2v) is 7.66. The number of hydrogen-bond acceptors (Lipinski definition) is 4. The molecule has 0 radical (unpaired) electrons. The van der Waals surface area contributed by atoms with Crippen LogP contribution in [0.25, 0.3) is 11.1 Å². The summed E-state index contributed by atoms with van der Waals surface area (Å²) in [7, 11) is 0. The van der Waals surface area contributed by atoms with Gasteiger partial charge in [-0.2, -0.15) is 5.10 Å². The molecule has 1 atom stereocenters. The molecule has 1 saturated heterocycles. The molecule has 0 bridgehead atoms. The first-order valence-electron chi connectivity index (χ1n) is 10.9. The SMILES string of the molecule is CCNC(=NCc1ccccc1-c1ccc(Cn2cncn2)cc1)NCC1CCCO1.I. The fraction of sp³-hybridized carbons (Fsp3) is 0.375. The van der Waals surface area contributed by atoms with Gasteiger partial charge < -0.3 is 15.4 Å². The van der Waals surface area contributed by atoms with Gasteiger partial charge in [-0.05, 0) is 42.0 Å². The minimum atomic E-state index is 0. The molecule has 2 aromatic carbocycles. The largest absolute Gasteiger partial charge is 0.376 e. The van der Waals surface area contributed by atoms with E-state index in [4.69, 9.17) is 9.73 Å². The van der Waals surface area contributed by atoms with Crippen molar-refractivity contribution in [2.45, 2.75) is 39.0 Å². The molecule has 3 aromatic rings. The molecule has 0 amide bonds. The Morgan fingerprint density at radius 2 is 2.00 bits per heavy atom. The highest BCUT2D eigenvalue weighted by Crippen LogP contribution is 2.25. The molecule has 32 heavy (non-hydrogen) atoms. The van der Waals surface area contributed by atoms with Gasteiger partial charge in [0.2, 0.25) is 0 Å². The van der Waals surface area contributed by atoms with Gasteiger partial charge in [-0.15, -0.1) is 24.0 Å². The number of nitrogens with one attached hydrogen (secondary N) is 2. The molecule has 1 aromatic heterocycles. The molecule has 7 nitrogen and oxygen atoms in total. The van der Waals surface area contributed by atoms with Crippen LogP contribution >= 0.6 is 24.0 Å². The van der Waals surface area contributed by atoms with Crippen LogP contribution in [-0.4, -0.2) is 46.5 Å². The Kier molecular flexibility index (Phi) is 9.48. The minimum absolute atomic E-state index is 0. The number of benzene rings is 2. The van der Waals surface area contributed by atoms with E-state index in [0.29, 0.717) is 13.1 Å². The molecule has 1 aliphatic rings. The van der Waals surface area contributed by atoms with E-state index < -0.39 is 0 Å². The zero-order valence-electron chi connectivity index (χ0n) is 18.4. The first kappa shape index (κ1) is 24.2. The molecular formula is C24H31IN6O. The van der Waals surface area contributed by atoms with E-state index in [-0.39, 0.29) is 30.1 Å². The van der Waals surface area contributed by atoms with Gasteiger partial charge in [-0.25, -0.2) is 14.7 Å². The third-order valence-electron chi connectivity index (χ3n) is 5.37. The Bertz CT molecular complexity index is 968. The molecular weight excluding hydrogens is 515 g/mol. The molecule has 170 valence electrons. The van der Waals surface area contributed by atoms with Gasteiger partial charge in [-0.3, -0.25) is 0 Å². The van der Waals surface area contributed by atoms with Crippen molar-refractivity contribution in [1.82, 2.24) is 25.4 Å². The van der Waals surface area contributed by atoms with Crippen LogP contribution in [0.3, 0.4) is 0 Å². The molecule has 2 N–H and O–H groups in total. The Morgan fingerprint density at radius 1 is 1.16 bits per heavy atom. The topological polar surface area (TPSA) is 76.4 Å². The van der Waals surface area contributed by atoms with E-state index in [1.165, 1.54) is 22.3 Å². The number of guanidine groups is 1. The number of aliphatic imine (C=N–C) groups is 1. The summed E-state index contributed by atoms with van der Waals surface area (Å²) in [6, 6.07) is 17.1. The van der Waals surface area contributed by atoms with E-state index in [2.05, 4.69) is 76.2 Å². The van der Waals surface area contributed by atoms with Crippen molar-refractivity contribution in [2.24, 2.45) is 4.99 Å². The lowest BCUT2D eigenvalue weighted by Crippen LogP contribution is -2.41. The molecule has 1 fully saturated rings. The normalized spacial score (nSPS) is 15.9. The Morgan fingerprint density at radius 3 is 2.72 bits per heavy atom. The van der Waals surface area contributed by atoms with Crippen LogP contribution in [0, 0.1) is 0 Å². The standard InChI is InChI=1S/C24H30N6O.HI/c1-2-26-24(28-15-22-7-5-13-31-22)27-14-21-6-3-4-8-23(21)20-11-9-19(10-12-20)16-30-18-25-17-29-30;/h3-4,6,8-12,17-18,22H,2,5,7,13-16H2,1H3,(H2,26,27,28);1H. The molecule has 1 aliphatic heterocycles. The molecule has 0 spiro atoms. The van der Waals surface area contributed by atoms with Gasteiger partial charge in [0.25, 0.3) is 0 Å². The van der Waals surface area contributed by atoms with E-state index in [1.807, 2.05) is 4.68 Å². The molecule has 1 unspecified atom stereocenters. The van der Waals surface area contributed by atoms with Crippen LogP contribution in [0.5, 0.6) is 0 Å². The van der Waals surface area contributed by atoms with E-state index in [1.54, 1.807) is 12.7 Å². The Labute approximate surface area is 206 Å². The summed E-state index contributed by atoms with van der Waals surface area (Å²) in [4.78, 5) is 8.82. The van der Waals surface area contributed by atoms with Crippen molar-refractivity contribution in [3.63, 3.8) is 0 Å². The average Bonchev–Trinajstić information content (AvgIpc) is 3.51. The van der Waals surface area contributed by atoms with Crippen LogP contribution in [0.1, 0.15) is 30.9 Å². The van der Waals surface area contributed by atoms with E-state index in [9.17, 15) is 0 Å². The number of aromatic nitrogens is 3. The quantitative estimate of drug-likeness (QED) is 0.255. The summed E-state index contributed by atoms with van der Waals surface area (Å²) < 4.78 is 7.53.